The van der Waals surface area contributed by atoms with Gasteiger partial charge in [-0.15, -0.1) is 13.2 Å². The summed E-state index contributed by atoms with van der Waals surface area (Å²) >= 11 is 0. The van der Waals surface area contributed by atoms with Gasteiger partial charge in [0.2, 0.25) is 5.96 Å². The number of aliphatic imine (C=N–C) groups is 2. The maximum Gasteiger partial charge on any atom is 0.506 e. The Morgan fingerprint density at radius 3 is 2.18 bits per heavy atom. The Bertz CT molecular complexity index is 304. The van der Waals surface area contributed by atoms with Gasteiger partial charge in [0.05, 0.1) is 6.04 Å². The highest BCUT2D eigenvalue weighted by molar-refractivity contribution is 5.97. The van der Waals surface area contributed by atoms with E-state index >= 15 is 0 Å². The molecule has 0 aromatic heterocycles. The highest BCUT2D eigenvalue weighted by Crippen LogP contribution is 2.20. The highest BCUT2D eigenvalue weighted by atomic mass is 19.4. The molecule has 0 heterocycles. The van der Waals surface area contributed by atoms with Crippen LogP contribution in [0.15, 0.2) is 9.98 Å². The summed E-state index contributed by atoms with van der Waals surface area (Å²) in [5.41, 5.74) is 10.5. The number of halogens is 3. The summed E-state index contributed by atoms with van der Waals surface area (Å²) in [4.78, 5) is 6.33. The van der Waals surface area contributed by atoms with Crippen LogP contribution in [0, 0.1) is 0 Å². The Balaban J connectivity index is 2.50. The Hall–Kier alpha value is -1.47. The molecular weight excluding hydrogens is 235 g/mol. The van der Waals surface area contributed by atoms with E-state index in [1.165, 1.54) is 0 Å². The van der Waals surface area contributed by atoms with Crippen molar-refractivity contribution in [3.05, 3.63) is 0 Å². The molecule has 0 atom stereocenters. The number of guanidine groups is 2. The smallest absolute Gasteiger partial charge is 0.370 e. The van der Waals surface area contributed by atoms with E-state index in [1.54, 1.807) is 0 Å². The summed E-state index contributed by atoms with van der Waals surface area (Å²) < 4.78 is 35.5. The van der Waals surface area contributed by atoms with Gasteiger partial charge in [-0.2, -0.15) is 4.99 Å². The summed E-state index contributed by atoms with van der Waals surface area (Å²) in [5, 5.41) is 2.12. The third-order valence-electron chi connectivity index (χ3n) is 2.40. The summed E-state index contributed by atoms with van der Waals surface area (Å²) in [6, 6.07) is 0.0648. The van der Waals surface area contributed by atoms with Crippen molar-refractivity contribution in [2.75, 3.05) is 0 Å². The SMILES string of the molecule is NC(=NC1CCCCC1)NC(N)=NC(F)(F)F. The van der Waals surface area contributed by atoms with E-state index < -0.39 is 12.3 Å². The number of nitrogens with two attached hydrogens (primary N) is 2. The molecule has 5 nitrogen and oxygen atoms in total. The van der Waals surface area contributed by atoms with E-state index in [9.17, 15) is 13.2 Å². The average molecular weight is 251 g/mol. The van der Waals surface area contributed by atoms with Crippen molar-refractivity contribution in [2.45, 2.75) is 44.4 Å². The lowest BCUT2D eigenvalue weighted by molar-refractivity contribution is -0.119. The second-order valence-corrected chi connectivity index (χ2v) is 3.90. The largest absolute Gasteiger partial charge is 0.506 e. The third kappa shape index (κ3) is 5.98. The van der Waals surface area contributed by atoms with Gasteiger partial charge in [-0.1, -0.05) is 19.3 Å². The van der Waals surface area contributed by atoms with Crippen molar-refractivity contribution in [3.8, 4) is 0 Å². The summed E-state index contributed by atoms with van der Waals surface area (Å²) in [7, 11) is 0. The number of hydrogen-bond donors (Lipinski definition) is 3. The standard InChI is InChI=1S/C9H16F3N5/c10-9(11,12)17-8(14)16-7(13)15-6-4-2-1-3-5-6/h6H,1-5H2,(H5,13,14,15,16,17). The number of alkyl halides is 3. The minimum Gasteiger partial charge on any atom is -0.370 e. The minimum absolute atomic E-state index is 0.0648. The van der Waals surface area contributed by atoms with Crippen LogP contribution in [0.25, 0.3) is 0 Å². The van der Waals surface area contributed by atoms with Gasteiger partial charge in [-0.25, -0.2) is 4.99 Å². The molecule has 1 aliphatic rings. The zero-order valence-corrected chi connectivity index (χ0v) is 9.30. The lowest BCUT2D eigenvalue weighted by Crippen LogP contribution is -2.43. The Labute approximate surface area is 97.2 Å². The summed E-state index contributed by atoms with van der Waals surface area (Å²) in [6.07, 6.45) is 0.387. The zero-order valence-electron chi connectivity index (χ0n) is 9.30. The van der Waals surface area contributed by atoms with Crippen molar-refractivity contribution in [2.24, 2.45) is 21.5 Å². The van der Waals surface area contributed by atoms with Gasteiger partial charge in [0.1, 0.15) is 0 Å². The van der Waals surface area contributed by atoms with Crippen molar-refractivity contribution in [1.82, 2.24) is 5.32 Å². The molecule has 0 amide bonds. The van der Waals surface area contributed by atoms with Gasteiger partial charge < -0.3 is 11.5 Å². The molecule has 1 rings (SSSR count). The number of nitrogens with zero attached hydrogens (tertiary/aromatic N) is 2. The van der Waals surface area contributed by atoms with Gasteiger partial charge in [-0.05, 0) is 12.8 Å². The van der Waals surface area contributed by atoms with Crippen LogP contribution in [0.3, 0.4) is 0 Å². The third-order valence-corrected chi connectivity index (χ3v) is 2.40. The van der Waals surface area contributed by atoms with E-state index in [-0.39, 0.29) is 12.0 Å². The van der Waals surface area contributed by atoms with E-state index in [2.05, 4.69) is 15.3 Å². The first-order valence-corrected chi connectivity index (χ1v) is 5.39. The second-order valence-electron chi connectivity index (χ2n) is 3.90. The van der Waals surface area contributed by atoms with Gasteiger partial charge in [0.25, 0.3) is 0 Å². The fraction of sp³-hybridized carbons (Fsp3) is 0.778. The summed E-state index contributed by atoms with van der Waals surface area (Å²) in [5.74, 6) is -0.919. The van der Waals surface area contributed by atoms with Crippen LogP contribution in [0.4, 0.5) is 13.2 Å². The van der Waals surface area contributed by atoms with Crippen LogP contribution < -0.4 is 16.8 Å². The minimum atomic E-state index is -4.71. The lowest BCUT2D eigenvalue weighted by Gasteiger charge is -2.18. The van der Waals surface area contributed by atoms with Crippen LogP contribution in [-0.2, 0) is 0 Å². The predicted molar refractivity (Wildman–Crippen MR) is 59.3 cm³/mol. The monoisotopic (exact) mass is 251 g/mol. The molecule has 0 aromatic carbocycles. The molecule has 0 saturated heterocycles. The average Bonchev–Trinajstić information content (AvgIpc) is 2.15. The van der Waals surface area contributed by atoms with Crippen LogP contribution in [0.5, 0.6) is 0 Å². The Kier molecular flexibility index (Phi) is 4.59. The van der Waals surface area contributed by atoms with Crippen LogP contribution in [-0.4, -0.2) is 24.3 Å². The highest BCUT2D eigenvalue weighted by Gasteiger charge is 2.26. The molecule has 0 aromatic rings. The van der Waals surface area contributed by atoms with E-state index in [0.29, 0.717) is 0 Å². The molecule has 17 heavy (non-hydrogen) atoms. The van der Waals surface area contributed by atoms with Crippen molar-refractivity contribution >= 4 is 11.9 Å². The number of hydrogen-bond acceptors (Lipinski definition) is 2. The van der Waals surface area contributed by atoms with Crippen LogP contribution in [0.2, 0.25) is 0 Å². The van der Waals surface area contributed by atoms with Crippen molar-refractivity contribution < 1.29 is 13.2 Å². The molecule has 1 saturated carbocycles. The number of nitrogens with one attached hydrogen (secondary N) is 1. The van der Waals surface area contributed by atoms with Gasteiger partial charge >= 0.3 is 6.30 Å². The topological polar surface area (TPSA) is 88.8 Å². The maximum atomic E-state index is 11.8. The van der Waals surface area contributed by atoms with Gasteiger partial charge in [0, 0.05) is 0 Å². The molecule has 0 spiro atoms. The van der Waals surface area contributed by atoms with Crippen molar-refractivity contribution in [1.29, 1.82) is 0 Å². The van der Waals surface area contributed by atoms with Crippen molar-refractivity contribution in [3.63, 3.8) is 0 Å². The first-order chi connectivity index (χ1) is 7.87. The van der Waals surface area contributed by atoms with E-state index in [0.717, 1.165) is 32.1 Å². The molecule has 5 N–H and O–H groups in total. The zero-order chi connectivity index (χ0) is 12.9. The molecule has 1 aliphatic carbocycles. The molecular formula is C9H16F3N5. The van der Waals surface area contributed by atoms with Crippen LogP contribution in [0.1, 0.15) is 32.1 Å². The fourth-order valence-corrected chi connectivity index (χ4v) is 1.73. The second kappa shape index (κ2) is 5.74. The maximum absolute atomic E-state index is 11.8. The first kappa shape index (κ1) is 13.6. The molecule has 0 unspecified atom stereocenters. The number of rotatable bonds is 1. The van der Waals surface area contributed by atoms with E-state index in [1.807, 2.05) is 0 Å². The van der Waals surface area contributed by atoms with E-state index in [4.69, 9.17) is 11.5 Å². The molecule has 98 valence electrons. The van der Waals surface area contributed by atoms with Gasteiger partial charge in [0.15, 0.2) is 5.96 Å². The molecule has 0 aliphatic heterocycles. The van der Waals surface area contributed by atoms with Crippen LogP contribution >= 0.6 is 0 Å². The quantitative estimate of drug-likeness (QED) is 0.370. The first-order valence-electron chi connectivity index (χ1n) is 5.39. The molecule has 0 bridgehead atoms. The predicted octanol–water partition coefficient (Wildman–Crippen LogP) is 1.06. The molecule has 1 fully saturated rings. The molecule has 8 heteroatoms. The summed E-state index contributed by atoms with van der Waals surface area (Å²) in [6.45, 7) is 0. The lowest BCUT2D eigenvalue weighted by atomic mass is 9.96. The van der Waals surface area contributed by atoms with Gasteiger partial charge in [-0.3, -0.25) is 5.32 Å². The molecule has 0 radical (unpaired) electrons. The normalized spacial score (nSPS) is 20.4. The Morgan fingerprint density at radius 1 is 1.06 bits per heavy atom. The fourth-order valence-electron chi connectivity index (χ4n) is 1.73. The Morgan fingerprint density at radius 2 is 1.65 bits per heavy atom.